The molecule has 0 radical (unpaired) electrons. The quantitative estimate of drug-likeness (QED) is 0.811. The lowest BCUT2D eigenvalue weighted by Gasteiger charge is -2.18. The van der Waals surface area contributed by atoms with Gasteiger partial charge >= 0.3 is 0 Å². The van der Waals surface area contributed by atoms with E-state index in [1.54, 1.807) is 13.2 Å². The molecule has 0 saturated heterocycles. The fourth-order valence-electron chi connectivity index (χ4n) is 1.85. The van der Waals surface area contributed by atoms with E-state index in [2.05, 4.69) is 5.32 Å². The fourth-order valence-corrected chi connectivity index (χ4v) is 1.85. The SMILES string of the molecule is CNC(CCC(C)OC)Cc1ccc(F)c(F)c1. The summed E-state index contributed by atoms with van der Waals surface area (Å²) < 4.78 is 31.1. The van der Waals surface area contributed by atoms with Crippen molar-refractivity contribution < 1.29 is 13.5 Å². The van der Waals surface area contributed by atoms with E-state index >= 15 is 0 Å². The van der Waals surface area contributed by atoms with Gasteiger partial charge in [0.15, 0.2) is 11.6 Å². The highest BCUT2D eigenvalue weighted by Gasteiger charge is 2.11. The van der Waals surface area contributed by atoms with Crippen LogP contribution in [0, 0.1) is 11.6 Å². The molecule has 4 heteroatoms. The van der Waals surface area contributed by atoms with Crippen LogP contribution in [-0.2, 0) is 11.2 Å². The molecule has 2 unspecified atom stereocenters. The van der Waals surface area contributed by atoms with Crippen LogP contribution < -0.4 is 5.32 Å². The maximum absolute atomic E-state index is 13.1. The molecule has 0 aromatic heterocycles. The van der Waals surface area contributed by atoms with Gasteiger partial charge in [-0.3, -0.25) is 0 Å². The zero-order valence-electron chi connectivity index (χ0n) is 11.2. The molecule has 0 fully saturated rings. The lowest BCUT2D eigenvalue weighted by atomic mass is 10.0. The number of rotatable bonds is 7. The summed E-state index contributed by atoms with van der Waals surface area (Å²) in [5, 5.41) is 3.19. The molecule has 102 valence electrons. The van der Waals surface area contributed by atoms with Crippen LogP contribution in [0.25, 0.3) is 0 Å². The van der Waals surface area contributed by atoms with E-state index < -0.39 is 11.6 Å². The maximum Gasteiger partial charge on any atom is 0.159 e. The topological polar surface area (TPSA) is 21.3 Å². The van der Waals surface area contributed by atoms with Crippen molar-refractivity contribution in [2.24, 2.45) is 0 Å². The number of benzene rings is 1. The highest BCUT2D eigenvalue weighted by Crippen LogP contribution is 2.13. The van der Waals surface area contributed by atoms with Gasteiger partial charge in [0.2, 0.25) is 0 Å². The Hall–Kier alpha value is -1.00. The van der Waals surface area contributed by atoms with Crippen LogP contribution in [0.5, 0.6) is 0 Å². The van der Waals surface area contributed by atoms with E-state index in [1.807, 2.05) is 14.0 Å². The van der Waals surface area contributed by atoms with Crippen LogP contribution in [0.15, 0.2) is 18.2 Å². The van der Waals surface area contributed by atoms with Crippen molar-refractivity contribution in [3.8, 4) is 0 Å². The Kier molecular flexibility index (Phi) is 6.22. The van der Waals surface area contributed by atoms with E-state index in [0.29, 0.717) is 6.42 Å². The molecule has 0 spiro atoms. The highest BCUT2D eigenvalue weighted by molar-refractivity contribution is 5.18. The molecule has 1 aromatic rings. The number of nitrogens with one attached hydrogen (secondary N) is 1. The molecule has 2 atom stereocenters. The van der Waals surface area contributed by atoms with Crippen LogP contribution >= 0.6 is 0 Å². The van der Waals surface area contributed by atoms with Crippen molar-refractivity contribution in [2.45, 2.75) is 38.3 Å². The van der Waals surface area contributed by atoms with Crippen LogP contribution in [0.1, 0.15) is 25.3 Å². The van der Waals surface area contributed by atoms with Gasteiger partial charge in [-0.1, -0.05) is 6.07 Å². The number of hydrogen-bond donors (Lipinski definition) is 1. The molecule has 0 amide bonds. The summed E-state index contributed by atoms with van der Waals surface area (Å²) in [4.78, 5) is 0. The van der Waals surface area contributed by atoms with E-state index in [0.717, 1.165) is 18.4 Å². The Balaban J connectivity index is 2.54. The Labute approximate surface area is 107 Å². The average Bonchev–Trinajstić information content (AvgIpc) is 2.38. The summed E-state index contributed by atoms with van der Waals surface area (Å²) in [6.07, 6.45) is 2.77. The largest absolute Gasteiger partial charge is 0.382 e. The second kappa shape index (κ2) is 7.44. The molecule has 0 aliphatic heterocycles. The van der Waals surface area contributed by atoms with Gasteiger partial charge in [-0.25, -0.2) is 8.78 Å². The summed E-state index contributed by atoms with van der Waals surface area (Å²) in [6, 6.07) is 4.31. The minimum atomic E-state index is -0.798. The molecule has 1 N–H and O–H groups in total. The summed E-state index contributed by atoms with van der Waals surface area (Å²) in [7, 11) is 3.57. The predicted molar refractivity (Wildman–Crippen MR) is 68.6 cm³/mol. The monoisotopic (exact) mass is 257 g/mol. The Morgan fingerprint density at radius 2 is 1.94 bits per heavy atom. The Morgan fingerprint density at radius 3 is 2.50 bits per heavy atom. The van der Waals surface area contributed by atoms with Gasteiger partial charge in [-0.05, 0) is 50.9 Å². The second-order valence-corrected chi connectivity index (χ2v) is 4.56. The lowest BCUT2D eigenvalue weighted by molar-refractivity contribution is 0.106. The standard InChI is InChI=1S/C14H21F2NO/c1-10(18-3)4-6-12(17-2)8-11-5-7-13(15)14(16)9-11/h5,7,9-10,12,17H,4,6,8H2,1-3H3. The van der Waals surface area contributed by atoms with Crippen molar-refractivity contribution in [1.82, 2.24) is 5.32 Å². The van der Waals surface area contributed by atoms with Gasteiger partial charge in [0, 0.05) is 13.2 Å². The molecule has 0 saturated carbocycles. The van der Waals surface area contributed by atoms with Gasteiger partial charge in [0.1, 0.15) is 0 Å². The summed E-state index contributed by atoms with van der Waals surface area (Å²) in [6.45, 7) is 2.02. The van der Waals surface area contributed by atoms with Crippen molar-refractivity contribution in [3.05, 3.63) is 35.4 Å². The first-order valence-electron chi connectivity index (χ1n) is 6.20. The molecule has 2 nitrogen and oxygen atoms in total. The Morgan fingerprint density at radius 1 is 1.22 bits per heavy atom. The third kappa shape index (κ3) is 4.70. The van der Waals surface area contributed by atoms with E-state index in [9.17, 15) is 8.78 Å². The maximum atomic E-state index is 13.1. The van der Waals surface area contributed by atoms with E-state index in [1.165, 1.54) is 12.1 Å². The fraction of sp³-hybridized carbons (Fsp3) is 0.571. The van der Waals surface area contributed by atoms with Crippen molar-refractivity contribution in [3.63, 3.8) is 0 Å². The van der Waals surface area contributed by atoms with Crippen molar-refractivity contribution in [1.29, 1.82) is 0 Å². The van der Waals surface area contributed by atoms with Gasteiger partial charge in [-0.2, -0.15) is 0 Å². The molecular weight excluding hydrogens is 236 g/mol. The minimum Gasteiger partial charge on any atom is -0.382 e. The molecule has 0 bridgehead atoms. The molecule has 0 heterocycles. The Bertz CT molecular complexity index is 371. The molecule has 0 aliphatic rings. The average molecular weight is 257 g/mol. The molecule has 0 aliphatic carbocycles. The van der Waals surface area contributed by atoms with Crippen LogP contribution in [0.2, 0.25) is 0 Å². The van der Waals surface area contributed by atoms with E-state index in [4.69, 9.17) is 4.74 Å². The van der Waals surface area contributed by atoms with Crippen LogP contribution in [0.4, 0.5) is 8.78 Å². The summed E-state index contributed by atoms with van der Waals surface area (Å²) >= 11 is 0. The molecule has 18 heavy (non-hydrogen) atoms. The van der Waals surface area contributed by atoms with Gasteiger partial charge in [-0.15, -0.1) is 0 Å². The minimum absolute atomic E-state index is 0.214. The predicted octanol–water partition coefficient (Wildman–Crippen LogP) is 2.91. The van der Waals surface area contributed by atoms with Crippen molar-refractivity contribution >= 4 is 0 Å². The highest BCUT2D eigenvalue weighted by atomic mass is 19.2. The first kappa shape index (κ1) is 15.1. The van der Waals surface area contributed by atoms with Crippen molar-refractivity contribution in [2.75, 3.05) is 14.2 Å². The third-order valence-electron chi connectivity index (χ3n) is 3.20. The molecular formula is C14H21F2NO. The number of hydrogen-bond acceptors (Lipinski definition) is 2. The zero-order chi connectivity index (χ0) is 13.5. The van der Waals surface area contributed by atoms with Gasteiger partial charge < -0.3 is 10.1 Å². The number of methoxy groups -OCH3 is 1. The number of ether oxygens (including phenoxy) is 1. The zero-order valence-corrected chi connectivity index (χ0v) is 11.2. The summed E-state index contributed by atoms with van der Waals surface area (Å²) in [5.74, 6) is -1.58. The number of halogens is 2. The van der Waals surface area contributed by atoms with Crippen LogP contribution in [-0.4, -0.2) is 26.3 Å². The lowest BCUT2D eigenvalue weighted by Crippen LogP contribution is -2.28. The van der Waals surface area contributed by atoms with Crippen LogP contribution in [0.3, 0.4) is 0 Å². The normalized spacial score (nSPS) is 14.5. The smallest absolute Gasteiger partial charge is 0.159 e. The molecule has 1 aromatic carbocycles. The molecule has 1 rings (SSSR count). The summed E-state index contributed by atoms with van der Waals surface area (Å²) in [5.41, 5.74) is 0.804. The first-order chi connectivity index (χ1) is 8.56. The number of likely N-dealkylation sites (N-methyl/N-ethyl adjacent to an activating group) is 1. The van der Waals surface area contributed by atoms with Gasteiger partial charge in [0.05, 0.1) is 6.10 Å². The van der Waals surface area contributed by atoms with E-state index in [-0.39, 0.29) is 12.1 Å². The second-order valence-electron chi connectivity index (χ2n) is 4.56. The van der Waals surface area contributed by atoms with Gasteiger partial charge in [0.25, 0.3) is 0 Å². The first-order valence-corrected chi connectivity index (χ1v) is 6.20. The third-order valence-corrected chi connectivity index (χ3v) is 3.20.